The van der Waals surface area contributed by atoms with E-state index in [1.165, 1.54) is 11.3 Å². The van der Waals surface area contributed by atoms with Gasteiger partial charge in [0.25, 0.3) is 0 Å². The minimum absolute atomic E-state index is 0.0356. The van der Waals surface area contributed by atoms with Crippen molar-refractivity contribution in [2.45, 2.75) is 38.5 Å². The number of hydrogen-bond acceptors (Lipinski definition) is 3. The Hall–Kier alpha value is -1.59. The summed E-state index contributed by atoms with van der Waals surface area (Å²) in [6.07, 6.45) is 5.00. The van der Waals surface area contributed by atoms with Crippen LogP contribution in [-0.4, -0.2) is 59.4 Å². The number of carboxylic acid groups (broad SMARTS) is 1. The fourth-order valence-corrected chi connectivity index (χ4v) is 2.87. The molecule has 0 unspecified atom stereocenters. The Balaban J connectivity index is 1.73. The molecule has 0 aromatic heterocycles. The number of carboxylic acids is 1. The Morgan fingerprint density at radius 2 is 1.76 bits per heavy atom. The molecule has 0 radical (unpaired) electrons. The van der Waals surface area contributed by atoms with E-state index in [0.29, 0.717) is 38.3 Å². The summed E-state index contributed by atoms with van der Waals surface area (Å²) in [6.45, 7) is 1.05. The van der Waals surface area contributed by atoms with E-state index in [2.05, 4.69) is 0 Å². The third-order valence-corrected chi connectivity index (χ3v) is 4.68. The van der Waals surface area contributed by atoms with E-state index in [1.54, 1.807) is 11.9 Å². The number of carbonyl (C=O) groups excluding carboxylic acids is 2. The highest BCUT2D eigenvalue weighted by Gasteiger charge is 2.28. The number of piperidine rings is 1. The molecule has 0 bridgehead atoms. The second kappa shape index (κ2) is 6.91. The molecule has 1 saturated heterocycles. The molecule has 1 aliphatic carbocycles. The lowest BCUT2D eigenvalue weighted by Crippen LogP contribution is -2.45. The summed E-state index contributed by atoms with van der Waals surface area (Å²) in [5.41, 5.74) is 0. The maximum absolute atomic E-state index is 12.1. The van der Waals surface area contributed by atoms with Crippen molar-refractivity contribution in [3.05, 3.63) is 0 Å². The maximum Gasteiger partial charge on any atom is 0.306 e. The van der Waals surface area contributed by atoms with Gasteiger partial charge < -0.3 is 14.9 Å². The van der Waals surface area contributed by atoms with Crippen molar-refractivity contribution in [1.82, 2.24) is 9.80 Å². The lowest BCUT2D eigenvalue weighted by Gasteiger charge is -2.32. The van der Waals surface area contributed by atoms with Gasteiger partial charge in [-0.1, -0.05) is 6.42 Å². The van der Waals surface area contributed by atoms with Crippen molar-refractivity contribution < 1.29 is 19.5 Å². The summed E-state index contributed by atoms with van der Waals surface area (Å²) >= 11 is 0. The average molecular weight is 296 g/mol. The first-order chi connectivity index (χ1) is 9.97. The predicted molar refractivity (Wildman–Crippen MR) is 76.5 cm³/mol. The Morgan fingerprint density at radius 3 is 2.24 bits per heavy atom. The number of nitrogens with zero attached hydrogens (tertiary/aromatic N) is 2. The van der Waals surface area contributed by atoms with Crippen LogP contribution in [0.2, 0.25) is 0 Å². The van der Waals surface area contributed by atoms with Crippen molar-refractivity contribution in [2.24, 2.45) is 11.8 Å². The van der Waals surface area contributed by atoms with Gasteiger partial charge in [-0.3, -0.25) is 14.4 Å². The summed E-state index contributed by atoms with van der Waals surface area (Å²) in [5, 5.41) is 8.94. The van der Waals surface area contributed by atoms with Gasteiger partial charge >= 0.3 is 5.97 Å². The number of hydrogen-bond donors (Lipinski definition) is 1. The Bertz CT molecular complexity index is 412. The van der Waals surface area contributed by atoms with Gasteiger partial charge in [0.05, 0.1) is 12.5 Å². The second-order valence-corrected chi connectivity index (χ2v) is 6.24. The van der Waals surface area contributed by atoms with Gasteiger partial charge in [-0.25, -0.2) is 0 Å². The van der Waals surface area contributed by atoms with E-state index in [9.17, 15) is 14.4 Å². The highest BCUT2D eigenvalue weighted by Crippen LogP contribution is 2.29. The fourth-order valence-electron chi connectivity index (χ4n) is 2.87. The van der Waals surface area contributed by atoms with E-state index in [0.717, 1.165) is 12.8 Å². The molecule has 0 aromatic rings. The first-order valence-corrected chi connectivity index (χ1v) is 7.72. The Morgan fingerprint density at radius 1 is 1.14 bits per heavy atom. The van der Waals surface area contributed by atoms with Crippen LogP contribution in [-0.2, 0) is 14.4 Å². The second-order valence-electron chi connectivity index (χ2n) is 6.24. The number of likely N-dealkylation sites (tertiary alicyclic amines) is 1. The molecule has 1 heterocycles. The molecule has 0 spiro atoms. The predicted octanol–water partition coefficient (Wildman–Crippen LogP) is 0.958. The highest BCUT2D eigenvalue weighted by molar-refractivity contribution is 5.85. The number of aliphatic carboxylic acids is 1. The van der Waals surface area contributed by atoms with E-state index in [-0.39, 0.29) is 24.3 Å². The van der Waals surface area contributed by atoms with Crippen LogP contribution in [0.15, 0.2) is 0 Å². The van der Waals surface area contributed by atoms with E-state index in [4.69, 9.17) is 5.11 Å². The van der Waals surface area contributed by atoms with Crippen molar-refractivity contribution in [3.63, 3.8) is 0 Å². The van der Waals surface area contributed by atoms with Gasteiger partial charge in [0.1, 0.15) is 0 Å². The van der Waals surface area contributed by atoms with Crippen LogP contribution in [0.1, 0.15) is 38.5 Å². The molecule has 21 heavy (non-hydrogen) atoms. The van der Waals surface area contributed by atoms with Crippen LogP contribution in [0.3, 0.4) is 0 Å². The summed E-state index contributed by atoms with van der Waals surface area (Å²) in [4.78, 5) is 38.2. The quantitative estimate of drug-likeness (QED) is 0.819. The lowest BCUT2D eigenvalue weighted by molar-refractivity contribution is -0.146. The molecule has 1 N–H and O–H groups in total. The minimum atomic E-state index is -0.783. The molecule has 6 nitrogen and oxygen atoms in total. The van der Waals surface area contributed by atoms with Crippen LogP contribution in [0.25, 0.3) is 0 Å². The molecule has 2 amide bonds. The number of amides is 2. The lowest BCUT2D eigenvalue weighted by atomic mass is 9.83. The molecule has 2 fully saturated rings. The van der Waals surface area contributed by atoms with Crippen LogP contribution < -0.4 is 0 Å². The molecule has 118 valence electrons. The first kappa shape index (κ1) is 15.8. The third-order valence-electron chi connectivity index (χ3n) is 4.68. The van der Waals surface area contributed by atoms with Crippen LogP contribution in [0.5, 0.6) is 0 Å². The average Bonchev–Trinajstić information content (AvgIpc) is 2.42. The SMILES string of the molecule is CN(CC(=O)N1CCC(C(=O)O)CC1)C(=O)CC1CCC1. The van der Waals surface area contributed by atoms with Crippen LogP contribution in [0.4, 0.5) is 0 Å². The van der Waals surface area contributed by atoms with Gasteiger partial charge in [0.15, 0.2) is 0 Å². The molecule has 0 atom stereocenters. The Labute approximate surface area is 125 Å². The molecule has 2 aliphatic rings. The normalized spacial score (nSPS) is 20.0. The summed E-state index contributed by atoms with van der Waals surface area (Å²) in [7, 11) is 1.67. The molecule has 1 saturated carbocycles. The smallest absolute Gasteiger partial charge is 0.306 e. The van der Waals surface area contributed by atoms with Crippen molar-refractivity contribution in [2.75, 3.05) is 26.7 Å². The zero-order chi connectivity index (χ0) is 15.4. The number of rotatable bonds is 5. The van der Waals surface area contributed by atoms with Crippen molar-refractivity contribution in [1.29, 1.82) is 0 Å². The van der Waals surface area contributed by atoms with Crippen molar-refractivity contribution >= 4 is 17.8 Å². The van der Waals surface area contributed by atoms with Gasteiger partial charge in [-0.05, 0) is 31.6 Å². The maximum atomic E-state index is 12.1. The summed E-state index contributed by atoms with van der Waals surface area (Å²) in [5.74, 6) is -0.667. The van der Waals surface area contributed by atoms with E-state index >= 15 is 0 Å². The third kappa shape index (κ3) is 4.19. The highest BCUT2D eigenvalue weighted by atomic mass is 16.4. The zero-order valence-electron chi connectivity index (χ0n) is 12.6. The summed E-state index contributed by atoms with van der Waals surface area (Å²) in [6, 6.07) is 0. The molecule has 1 aliphatic heterocycles. The molecule has 0 aromatic carbocycles. The van der Waals surface area contributed by atoms with Crippen LogP contribution >= 0.6 is 0 Å². The zero-order valence-corrected chi connectivity index (χ0v) is 12.6. The van der Waals surface area contributed by atoms with Gasteiger partial charge in [0, 0.05) is 26.6 Å². The number of carbonyl (C=O) groups is 3. The van der Waals surface area contributed by atoms with E-state index < -0.39 is 5.97 Å². The molecular formula is C15H24N2O4. The summed E-state index contributed by atoms with van der Waals surface area (Å²) < 4.78 is 0. The van der Waals surface area contributed by atoms with Gasteiger partial charge in [0.2, 0.25) is 11.8 Å². The number of likely N-dealkylation sites (N-methyl/N-ethyl adjacent to an activating group) is 1. The molecule has 2 rings (SSSR count). The van der Waals surface area contributed by atoms with Crippen LogP contribution in [0, 0.1) is 11.8 Å². The van der Waals surface area contributed by atoms with Crippen molar-refractivity contribution in [3.8, 4) is 0 Å². The monoisotopic (exact) mass is 296 g/mol. The van der Waals surface area contributed by atoms with Gasteiger partial charge in [-0.15, -0.1) is 0 Å². The largest absolute Gasteiger partial charge is 0.481 e. The van der Waals surface area contributed by atoms with E-state index in [1.807, 2.05) is 0 Å². The standard InChI is InChI=1S/C15H24N2O4/c1-16(13(18)9-11-3-2-4-11)10-14(19)17-7-5-12(6-8-17)15(20)21/h11-12H,2-10H2,1H3,(H,20,21). The minimum Gasteiger partial charge on any atom is -0.481 e. The first-order valence-electron chi connectivity index (χ1n) is 7.72. The molecule has 6 heteroatoms. The fraction of sp³-hybridized carbons (Fsp3) is 0.800. The Kier molecular flexibility index (Phi) is 5.20. The van der Waals surface area contributed by atoms with Gasteiger partial charge in [-0.2, -0.15) is 0 Å². The topological polar surface area (TPSA) is 77.9 Å². The molecular weight excluding hydrogens is 272 g/mol.